The Morgan fingerprint density at radius 3 is 2.79 bits per heavy atom. The van der Waals surface area contributed by atoms with Crippen LogP contribution in [-0.4, -0.2) is 65.4 Å². The standard InChI is InChI=1S/C15H13N7O5S/c16-12-8-14(21-6(20-12)1-2-7-18-3-4-28-7)22(5-19-8)27-15-10(24)9(23)11(26-15)13(17)25/h3-5,9-11,15,23-24H,(H2,17,25)(H2,16,20,21)/t9-,10+,11-,15?/m0/s1. The smallest absolute Gasteiger partial charge is 0.254 e. The van der Waals surface area contributed by atoms with Gasteiger partial charge in [0.05, 0.1) is 0 Å². The molecular weight excluding hydrogens is 390 g/mol. The summed E-state index contributed by atoms with van der Waals surface area (Å²) < 4.78 is 6.25. The molecule has 4 rings (SSSR count). The molecule has 1 amide bonds. The van der Waals surface area contributed by atoms with E-state index >= 15 is 0 Å². The van der Waals surface area contributed by atoms with Crippen molar-refractivity contribution in [3.63, 3.8) is 0 Å². The third kappa shape index (κ3) is 3.21. The largest absolute Gasteiger partial charge is 0.387 e. The van der Waals surface area contributed by atoms with Gasteiger partial charge in [-0.05, 0) is 11.8 Å². The van der Waals surface area contributed by atoms with E-state index in [-0.39, 0.29) is 22.8 Å². The Kier molecular flexibility index (Phi) is 4.53. The normalized spacial score (nSPS) is 24.1. The highest BCUT2D eigenvalue weighted by Gasteiger charge is 2.47. The Morgan fingerprint density at radius 2 is 2.11 bits per heavy atom. The van der Waals surface area contributed by atoms with Crippen LogP contribution >= 0.6 is 11.3 Å². The van der Waals surface area contributed by atoms with Crippen molar-refractivity contribution in [3.8, 4) is 11.8 Å². The molecule has 1 fully saturated rings. The molecule has 3 aromatic heterocycles. The van der Waals surface area contributed by atoms with Gasteiger partial charge in [-0.2, -0.15) is 4.98 Å². The number of fused-ring (bicyclic) bond motifs is 1. The minimum Gasteiger partial charge on any atom is -0.387 e. The maximum absolute atomic E-state index is 11.3. The van der Waals surface area contributed by atoms with Crippen molar-refractivity contribution < 1.29 is 24.6 Å². The lowest BCUT2D eigenvalue weighted by atomic mass is 10.1. The van der Waals surface area contributed by atoms with Crippen molar-refractivity contribution in [1.29, 1.82) is 0 Å². The molecule has 144 valence electrons. The summed E-state index contributed by atoms with van der Waals surface area (Å²) in [5, 5.41) is 22.2. The number of hydrogen-bond donors (Lipinski definition) is 4. The zero-order valence-corrected chi connectivity index (χ0v) is 14.8. The first kappa shape index (κ1) is 18.1. The number of imidazole rings is 1. The van der Waals surface area contributed by atoms with E-state index in [1.165, 1.54) is 17.7 Å². The molecule has 0 aliphatic carbocycles. The Morgan fingerprint density at radius 1 is 1.29 bits per heavy atom. The summed E-state index contributed by atoms with van der Waals surface area (Å²) in [5.74, 6) is 4.79. The van der Waals surface area contributed by atoms with Crippen molar-refractivity contribution in [3.05, 3.63) is 28.7 Å². The maximum Gasteiger partial charge on any atom is 0.254 e. The highest BCUT2D eigenvalue weighted by Crippen LogP contribution is 2.22. The molecule has 6 N–H and O–H groups in total. The van der Waals surface area contributed by atoms with E-state index in [1.54, 1.807) is 11.6 Å². The Hall–Kier alpha value is -3.31. The highest BCUT2D eigenvalue weighted by molar-refractivity contribution is 7.10. The number of aliphatic hydroxyl groups is 2. The second-order valence-electron chi connectivity index (χ2n) is 5.68. The van der Waals surface area contributed by atoms with Gasteiger partial charge >= 0.3 is 0 Å². The monoisotopic (exact) mass is 403 g/mol. The molecule has 1 aliphatic rings. The molecule has 4 heterocycles. The SMILES string of the molecule is NC(=O)[C@H]1OC(On2cnc3c(N)nc(C#Cc4nccs4)nc32)[C@H](O)[C@@H]1O. The van der Waals surface area contributed by atoms with Gasteiger partial charge in [0.15, 0.2) is 22.4 Å². The number of ether oxygens (including phenoxy) is 1. The van der Waals surface area contributed by atoms with Crippen LogP contribution in [0.2, 0.25) is 0 Å². The van der Waals surface area contributed by atoms with Gasteiger partial charge in [-0.25, -0.2) is 15.0 Å². The number of aliphatic hydroxyl groups excluding tert-OH is 2. The molecule has 0 radical (unpaired) electrons. The molecule has 1 saturated heterocycles. The second-order valence-corrected chi connectivity index (χ2v) is 6.57. The van der Waals surface area contributed by atoms with Crippen molar-refractivity contribution in [1.82, 2.24) is 24.7 Å². The molecule has 0 aromatic carbocycles. The van der Waals surface area contributed by atoms with E-state index in [2.05, 4.69) is 31.8 Å². The van der Waals surface area contributed by atoms with Crippen LogP contribution in [0.5, 0.6) is 0 Å². The van der Waals surface area contributed by atoms with E-state index < -0.39 is 30.5 Å². The number of amides is 1. The van der Waals surface area contributed by atoms with Crippen molar-refractivity contribution in [2.24, 2.45) is 5.73 Å². The van der Waals surface area contributed by atoms with Crippen molar-refractivity contribution in [2.75, 3.05) is 5.73 Å². The van der Waals surface area contributed by atoms with Gasteiger partial charge in [-0.3, -0.25) is 4.79 Å². The average molecular weight is 403 g/mol. The van der Waals surface area contributed by atoms with Crippen molar-refractivity contribution in [2.45, 2.75) is 24.6 Å². The van der Waals surface area contributed by atoms with E-state index in [0.29, 0.717) is 5.01 Å². The zero-order valence-electron chi connectivity index (χ0n) is 14.0. The van der Waals surface area contributed by atoms with Gasteiger partial charge in [-0.1, -0.05) is 0 Å². The number of nitrogens with zero attached hydrogens (tertiary/aromatic N) is 5. The number of thiazole rings is 1. The van der Waals surface area contributed by atoms with Crippen LogP contribution in [0.4, 0.5) is 5.82 Å². The fourth-order valence-electron chi connectivity index (χ4n) is 2.51. The summed E-state index contributed by atoms with van der Waals surface area (Å²) in [7, 11) is 0. The molecule has 12 nitrogen and oxygen atoms in total. The molecular formula is C15H13N7O5S. The van der Waals surface area contributed by atoms with E-state index in [4.69, 9.17) is 21.0 Å². The number of primary amides is 1. The predicted octanol–water partition coefficient (Wildman–Crippen LogP) is -2.37. The van der Waals surface area contributed by atoms with E-state index in [1.807, 2.05) is 0 Å². The molecule has 1 aliphatic heterocycles. The lowest BCUT2D eigenvalue weighted by Crippen LogP contribution is -2.40. The Labute approximate surface area is 160 Å². The van der Waals surface area contributed by atoms with Gasteiger partial charge in [-0.15, -0.1) is 16.1 Å². The lowest BCUT2D eigenvalue weighted by Gasteiger charge is -2.16. The summed E-state index contributed by atoms with van der Waals surface area (Å²) in [4.78, 5) is 33.1. The highest BCUT2D eigenvalue weighted by atomic mass is 32.1. The maximum atomic E-state index is 11.3. The van der Waals surface area contributed by atoms with Gasteiger partial charge in [0.1, 0.15) is 18.5 Å². The van der Waals surface area contributed by atoms with E-state index in [9.17, 15) is 15.0 Å². The van der Waals surface area contributed by atoms with Crippen LogP contribution in [0.15, 0.2) is 17.9 Å². The molecule has 3 aromatic rings. The van der Waals surface area contributed by atoms with Gasteiger partial charge in [0.25, 0.3) is 6.29 Å². The topological polar surface area (TPSA) is 185 Å². The average Bonchev–Trinajstić information content (AvgIpc) is 3.37. The Bertz CT molecular complexity index is 1090. The van der Waals surface area contributed by atoms with Gasteiger partial charge < -0.3 is 31.3 Å². The van der Waals surface area contributed by atoms with Crippen LogP contribution in [0.1, 0.15) is 10.8 Å². The first-order valence-electron chi connectivity index (χ1n) is 7.84. The van der Waals surface area contributed by atoms with Gasteiger partial charge in [0.2, 0.25) is 17.4 Å². The minimum absolute atomic E-state index is 0.0683. The first-order chi connectivity index (χ1) is 13.4. The second kappa shape index (κ2) is 7.02. The van der Waals surface area contributed by atoms with Crippen LogP contribution < -0.4 is 16.3 Å². The first-order valence-corrected chi connectivity index (χ1v) is 8.72. The molecule has 0 saturated carbocycles. The van der Waals surface area contributed by atoms with Crippen LogP contribution in [-0.2, 0) is 9.53 Å². The number of aromatic nitrogens is 5. The number of hydrogen-bond acceptors (Lipinski definition) is 11. The summed E-state index contributed by atoms with van der Waals surface area (Å²) >= 11 is 1.36. The summed E-state index contributed by atoms with van der Waals surface area (Å²) in [5.41, 5.74) is 11.4. The fraction of sp³-hybridized carbons (Fsp3) is 0.267. The number of carbonyl (C=O) groups excluding carboxylic acids is 1. The number of rotatable bonds is 3. The zero-order chi connectivity index (χ0) is 19.8. The summed E-state index contributed by atoms with van der Waals surface area (Å²) in [6, 6.07) is 0. The summed E-state index contributed by atoms with van der Waals surface area (Å²) in [6.07, 6.45) is -2.99. The number of carbonyl (C=O) groups is 1. The van der Waals surface area contributed by atoms with Gasteiger partial charge in [0, 0.05) is 11.6 Å². The third-order valence-corrected chi connectivity index (χ3v) is 4.51. The predicted molar refractivity (Wildman–Crippen MR) is 94.3 cm³/mol. The molecule has 13 heteroatoms. The minimum atomic E-state index is -1.53. The number of nitrogens with two attached hydrogens (primary N) is 2. The number of nitrogen functional groups attached to an aromatic ring is 1. The molecule has 0 spiro atoms. The molecule has 0 bridgehead atoms. The third-order valence-electron chi connectivity index (χ3n) is 3.82. The molecule has 28 heavy (non-hydrogen) atoms. The van der Waals surface area contributed by atoms with Crippen LogP contribution in [0.3, 0.4) is 0 Å². The van der Waals surface area contributed by atoms with E-state index in [0.717, 1.165) is 4.73 Å². The summed E-state index contributed by atoms with van der Waals surface area (Å²) in [6.45, 7) is 0. The van der Waals surface area contributed by atoms with Crippen LogP contribution in [0, 0.1) is 11.8 Å². The quantitative estimate of drug-likeness (QED) is 0.344. The molecule has 1 unspecified atom stereocenters. The van der Waals surface area contributed by atoms with Crippen LogP contribution in [0.25, 0.3) is 11.2 Å². The Balaban J connectivity index is 1.64. The fourth-order valence-corrected chi connectivity index (χ4v) is 2.99. The number of anilines is 1. The van der Waals surface area contributed by atoms with Crippen molar-refractivity contribution >= 4 is 34.2 Å². The molecule has 4 atom stereocenters. The lowest BCUT2D eigenvalue weighted by molar-refractivity contribution is -0.170.